The Morgan fingerprint density at radius 1 is 0.576 bits per heavy atom. The molecule has 0 unspecified atom stereocenters. The van der Waals surface area contributed by atoms with Gasteiger partial charge in [-0.05, 0) is 98.1 Å². The lowest BCUT2D eigenvalue weighted by Gasteiger charge is -2.22. The number of nitrogens with zero attached hydrogens (tertiary/aromatic N) is 4. The van der Waals surface area contributed by atoms with Crippen molar-refractivity contribution in [2.75, 3.05) is 4.90 Å². The second kappa shape index (κ2) is 15.4. The van der Waals surface area contributed by atoms with Crippen LogP contribution >= 0.6 is 0 Å². The SMILES string of the molecule is [2H]c1cc(-c2cccc3c4ccccc4c4ccccc4c4cccc5c4n(c23)CN5c2cccc(Oc3ccc4c5ccccc5n(-c5cc(C([2H])(C)C)ccn5)c4c3)c2)cc(C(C)(C)C)c1. The van der Waals surface area contributed by atoms with Gasteiger partial charge in [0.25, 0.3) is 0 Å². The molecule has 8 aromatic carbocycles. The van der Waals surface area contributed by atoms with Crippen molar-refractivity contribution in [2.45, 2.75) is 52.6 Å². The predicted octanol–water partition coefficient (Wildman–Crippen LogP) is 16.7. The summed E-state index contributed by atoms with van der Waals surface area (Å²) in [5.41, 5.74) is 10.4. The van der Waals surface area contributed by atoms with E-state index in [-0.39, 0.29) is 5.41 Å². The summed E-state index contributed by atoms with van der Waals surface area (Å²) in [7, 11) is 0. The van der Waals surface area contributed by atoms with Crippen LogP contribution in [0.25, 0.3) is 82.1 Å². The molecule has 66 heavy (non-hydrogen) atoms. The minimum atomic E-state index is -0.772. The molecule has 320 valence electrons. The zero-order chi connectivity index (χ0) is 46.5. The van der Waals surface area contributed by atoms with Crippen molar-refractivity contribution in [1.29, 1.82) is 0 Å². The highest BCUT2D eigenvalue weighted by atomic mass is 16.5. The van der Waals surface area contributed by atoms with Crippen molar-refractivity contribution in [1.82, 2.24) is 14.1 Å². The molecule has 5 nitrogen and oxygen atoms in total. The Morgan fingerprint density at radius 2 is 1.21 bits per heavy atom. The highest BCUT2D eigenvalue weighted by Crippen LogP contribution is 2.45. The van der Waals surface area contributed by atoms with Gasteiger partial charge in [-0.1, -0.05) is 162 Å². The average molecular weight is 857 g/mol. The number of rotatable bonds is 6. The van der Waals surface area contributed by atoms with Crippen LogP contribution in [-0.2, 0) is 12.1 Å². The topological polar surface area (TPSA) is 35.2 Å². The second-order valence-corrected chi connectivity index (χ2v) is 18.8. The highest BCUT2D eigenvalue weighted by molar-refractivity contribution is 6.22. The number of ether oxygens (including phenoxy) is 1. The van der Waals surface area contributed by atoms with Crippen LogP contribution in [0, 0.1) is 0 Å². The molecule has 5 heteroatoms. The average Bonchev–Trinajstić information content (AvgIpc) is 3.90. The third kappa shape index (κ3) is 6.48. The molecule has 4 heterocycles. The van der Waals surface area contributed by atoms with E-state index in [0.29, 0.717) is 18.5 Å². The molecular weight excluding hydrogens is 805 g/mol. The maximum absolute atomic E-state index is 9.03. The van der Waals surface area contributed by atoms with E-state index in [4.69, 9.17) is 12.5 Å². The Balaban J connectivity index is 1.05. The molecule has 0 atom stereocenters. The van der Waals surface area contributed by atoms with Gasteiger partial charge >= 0.3 is 0 Å². The van der Waals surface area contributed by atoms with Gasteiger partial charge in [-0.2, -0.15) is 0 Å². The third-order valence-electron chi connectivity index (χ3n) is 13.4. The summed E-state index contributed by atoms with van der Waals surface area (Å²) in [6.45, 7) is 11.0. The number of aromatic nitrogens is 3. The Labute approximate surface area is 387 Å². The van der Waals surface area contributed by atoms with Gasteiger partial charge in [0, 0.05) is 52.5 Å². The maximum Gasteiger partial charge on any atom is 0.137 e. The largest absolute Gasteiger partial charge is 0.457 e. The summed E-state index contributed by atoms with van der Waals surface area (Å²) in [4.78, 5) is 7.22. The van der Waals surface area contributed by atoms with Gasteiger partial charge in [-0.15, -0.1) is 0 Å². The summed E-state index contributed by atoms with van der Waals surface area (Å²) < 4.78 is 29.3. The number of fused-ring (bicyclic) bond motifs is 10. The van der Waals surface area contributed by atoms with E-state index in [0.717, 1.165) is 94.2 Å². The lowest BCUT2D eigenvalue weighted by molar-refractivity contribution is 0.483. The lowest BCUT2D eigenvalue weighted by atomic mass is 9.85. The van der Waals surface area contributed by atoms with Crippen molar-refractivity contribution in [2.24, 2.45) is 0 Å². The van der Waals surface area contributed by atoms with Gasteiger partial charge in [-0.3, -0.25) is 4.57 Å². The van der Waals surface area contributed by atoms with Crippen LogP contribution in [0.1, 0.15) is 54.4 Å². The molecule has 0 saturated carbocycles. The van der Waals surface area contributed by atoms with Crippen molar-refractivity contribution in [3.8, 4) is 28.4 Å². The monoisotopic (exact) mass is 856 g/mol. The molecule has 0 fully saturated rings. The predicted molar refractivity (Wildman–Crippen MR) is 278 cm³/mol. The molecule has 3 aromatic heterocycles. The van der Waals surface area contributed by atoms with Crippen LogP contribution in [0.5, 0.6) is 11.5 Å². The number of para-hydroxylation sites is 3. The van der Waals surface area contributed by atoms with Crippen LogP contribution in [0.4, 0.5) is 11.4 Å². The number of hydrogen-bond acceptors (Lipinski definition) is 3. The van der Waals surface area contributed by atoms with E-state index >= 15 is 0 Å². The van der Waals surface area contributed by atoms with Gasteiger partial charge in [-0.25, -0.2) is 4.98 Å². The smallest absolute Gasteiger partial charge is 0.137 e. The minimum absolute atomic E-state index is 0.134. The maximum atomic E-state index is 9.03. The summed E-state index contributed by atoms with van der Waals surface area (Å²) in [6.07, 6.45) is 1.80. The van der Waals surface area contributed by atoms with Crippen molar-refractivity contribution in [3.63, 3.8) is 0 Å². The Bertz CT molecular complexity index is 3930. The van der Waals surface area contributed by atoms with Gasteiger partial charge in [0.05, 0.1) is 29.1 Å². The van der Waals surface area contributed by atoms with Crippen LogP contribution < -0.4 is 9.64 Å². The third-order valence-corrected chi connectivity index (χ3v) is 13.4. The molecule has 12 rings (SSSR count). The van der Waals surface area contributed by atoms with E-state index in [1.807, 2.05) is 50.2 Å². The molecule has 0 amide bonds. The van der Waals surface area contributed by atoms with Crippen molar-refractivity contribution in [3.05, 3.63) is 205 Å². The first-order chi connectivity index (χ1) is 32.9. The number of hydrogen-bond donors (Lipinski definition) is 0. The lowest BCUT2D eigenvalue weighted by Crippen LogP contribution is -2.15. The Hall–Kier alpha value is -7.89. The highest BCUT2D eigenvalue weighted by Gasteiger charge is 2.26. The van der Waals surface area contributed by atoms with E-state index in [9.17, 15) is 0 Å². The van der Waals surface area contributed by atoms with Gasteiger partial charge < -0.3 is 14.2 Å². The van der Waals surface area contributed by atoms with E-state index in [1.54, 1.807) is 6.20 Å². The number of anilines is 2. The van der Waals surface area contributed by atoms with Crippen molar-refractivity contribution >= 4 is 76.5 Å². The van der Waals surface area contributed by atoms with Gasteiger partial charge in [0.1, 0.15) is 24.0 Å². The van der Waals surface area contributed by atoms with Crippen LogP contribution in [-0.4, -0.2) is 14.1 Å². The standard InChI is InChI=1S/C61H50N4O/c1-39(2)40-32-33-62-58(35-40)65-55-28-11-10-24-51(55)52-31-30-45(37-57(52)65)66-44-19-13-18-43(36-44)63-38-64-59-46(41-16-12-17-42(34-41)61(3,4)5)25-14-26-53(59)49-22-8-6-20-47(49)48-21-7-9-23-50(48)54-27-15-29-56(63)60(54)64/h6-37,39H,38H2,1-5H3/i12D,39D. The summed E-state index contributed by atoms with van der Waals surface area (Å²) in [6, 6.07) is 64.8. The molecule has 11 aromatic rings. The number of pyridine rings is 1. The first-order valence-corrected chi connectivity index (χ1v) is 22.8. The Morgan fingerprint density at radius 3 is 1.95 bits per heavy atom. The summed E-state index contributed by atoms with van der Waals surface area (Å²) >= 11 is 0. The molecule has 0 aliphatic carbocycles. The fourth-order valence-corrected chi connectivity index (χ4v) is 10.2. The fraction of sp³-hybridized carbons (Fsp3) is 0.131. The molecular formula is C61H50N4O. The van der Waals surface area contributed by atoms with E-state index < -0.39 is 5.89 Å². The molecule has 0 N–H and O–H groups in total. The van der Waals surface area contributed by atoms with Crippen molar-refractivity contribution < 1.29 is 7.48 Å². The first kappa shape index (κ1) is 37.5. The van der Waals surface area contributed by atoms with Crippen LogP contribution in [0.2, 0.25) is 0 Å². The van der Waals surface area contributed by atoms with E-state index in [2.05, 4.69) is 180 Å². The van der Waals surface area contributed by atoms with Gasteiger partial charge in [0.15, 0.2) is 0 Å². The molecule has 0 saturated heterocycles. The van der Waals surface area contributed by atoms with Gasteiger partial charge in [0.2, 0.25) is 0 Å². The van der Waals surface area contributed by atoms with Crippen LogP contribution in [0.15, 0.2) is 194 Å². The molecule has 0 bridgehead atoms. The molecule has 0 radical (unpaired) electrons. The van der Waals surface area contributed by atoms with Crippen LogP contribution in [0.3, 0.4) is 0 Å². The first-order valence-electron chi connectivity index (χ1n) is 23.8. The zero-order valence-corrected chi connectivity index (χ0v) is 37.8. The normalized spacial score (nSPS) is 13.3. The quantitative estimate of drug-likeness (QED) is 0.167. The minimum Gasteiger partial charge on any atom is -0.457 e. The Kier molecular flexibility index (Phi) is 8.74. The molecule has 1 aliphatic rings. The fourth-order valence-electron chi connectivity index (χ4n) is 10.2. The zero-order valence-electron chi connectivity index (χ0n) is 39.8. The molecule has 1 aliphatic heterocycles. The second-order valence-electron chi connectivity index (χ2n) is 18.8. The molecule has 0 spiro atoms. The van der Waals surface area contributed by atoms with E-state index in [1.165, 1.54) is 16.2 Å². The summed E-state index contributed by atoms with van der Waals surface area (Å²) in [5, 5.41) is 9.24. The summed E-state index contributed by atoms with van der Waals surface area (Å²) in [5.74, 6) is 1.43. The number of benzene rings is 8.